The Morgan fingerprint density at radius 3 is 2.75 bits per heavy atom. The first-order valence-electron chi connectivity index (χ1n) is 5.72. The molecule has 0 atom stereocenters. The van der Waals surface area contributed by atoms with Crippen molar-refractivity contribution in [3.05, 3.63) is 47.2 Å². The molecule has 2 heterocycles. The Labute approximate surface area is 95.3 Å². The average molecular weight is 213 g/mol. The molecule has 0 saturated carbocycles. The van der Waals surface area contributed by atoms with Crippen LogP contribution in [0.25, 0.3) is 11.3 Å². The van der Waals surface area contributed by atoms with Crippen molar-refractivity contribution in [2.24, 2.45) is 0 Å². The maximum Gasteiger partial charge on any atom is 0.134 e. The molecule has 16 heavy (non-hydrogen) atoms. The molecule has 1 aromatic carbocycles. The Morgan fingerprint density at radius 2 is 2.00 bits per heavy atom. The number of nitrogens with one attached hydrogen (secondary N) is 1. The minimum atomic E-state index is 0.935. The summed E-state index contributed by atoms with van der Waals surface area (Å²) >= 11 is 0. The van der Waals surface area contributed by atoms with Crippen LogP contribution in [0.5, 0.6) is 0 Å². The van der Waals surface area contributed by atoms with Gasteiger partial charge in [-0.1, -0.05) is 29.8 Å². The van der Waals surface area contributed by atoms with E-state index in [1.807, 2.05) is 0 Å². The van der Waals surface area contributed by atoms with Gasteiger partial charge in [0.05, 0.1) is 0 Å². The largest absolute Gasteiger partial charge is 0.461 e. The molecule has 0 unspecified atom stereocenters. The van der Waals surface area contributed by atoms with Crippen molar-refractivity contribution in [3.63, 3.8) is 0 Å². The minimum Gasteiger partial charge on any atom is -0.461 e. The standard InChI is InChI=1S/C14H15NO/c1-10-2-4-11(5-3-10)14-8-12-9-15-7-6-13(12)16-14/h2-5,8,15H,6-7,9H2,1H3. The van der Waals surface area contributed by atoms with Crippen LogP contribution in [0.2, 0.25) is 0 Å². The van der Waals surface area contributed by atoms with Gasteiger partial charge >= 0.3 is 0 Å². The van der Waals surface area contributed by atoms with Crippen molar-refractivity contribution in [3.8, 4) is 11.3 Å². The first-order chi connectivity index (χ1) is 7.83. The zero-order valence-electron chi connectivity index (χ0n) is 9.42. The predicted molar refractivity (Wildman–Crippen MR) is 64.3 cm³/mol. The van der Waals surface area contributed by atoms with Gasteiger partial charge in [-0.15, -0.1) is 0 Å². The van der Waals surface area contributed by atoms with Crippen LogP contribution in [0.15, 0.2) is 34.7 Å². The second-order valence-electron chi connectivity index (χ2n) is 4.35. The molecule has 0 fully saturated rings. The molecule has 0 amide bonds. The number of furan rings is 1. The molecule has 2 aromatic rings. The maximum absolute atomic E-state index is 5.89. The number of hydrogen-bond acceptors (Lipinski definition) is 2. The molecule has 0 aliphatic carbocycles. The lowest BCUT2D eigenvalue weighted by Crippen LogP contribution is -2.22. The third-order valence-electron chi connectivity index (χ3n) is 3.08. The van der Waals surface area contributed by atoms with E-state index in [2.05, 4.69) is 42.6 Å². The monoisotopic (exact) mass is 213 g/mol. The summed E-state index contributed by atoms with van der Waals surface area (Å²) in [6.45, 7) is 4.05. The summed E-state index contributed by atoms with van der Waals surface area (Å²) in [5.74, 6) is 2.14. The van der Waals surface area contributed by atoms with Gasteiger partial charge in [0.15, 0.2) is 0 Å². The first kappa shape index (κ1) is 9.67. The molecule has 0 bridgehead atoms. The van der Waals surface area contributed by atoms with Crippen LogP contribution in [-0.4, -0.2) is 6.54 Å². The normalized spacial score (nSPS) is 14.8. The summed E-state index contributed by atoms with van der Waals surface area (Å²) < 4.78 is 5.89. The van der Waals surface area contributed by atoms with Crippen LogP contribution >= 0.6 is 0 Å². The topological polar surface area (TPSA) is 25.2 Å². The summed E-state index contributed by atoms with van der Waals surface area (Å²) in [4.78, 5) is 0. The summed E-state index contributed by atoms with van der Waals surface area (Å²) in [7, 11) is 0. The van der Waals surface area contributed by atoms with E-state index in [0.717, 1.165) is 31.0 Å². The lowest BCUT2D eigenvalue weighted by atomic mass is 10.1. The Bertz CT molecular complexity index is 472. The molecule has 2 heteroatoms. The Hall–Kier alpha value is -1.54. The fourth-order valence-corrected chi connectivity index (χ4v) is 2.11. The van der Waals surface area contributed by atoms with Crippen LogP contribution in [-0.2, 0) is 13.0 Å². The van der Waals surface area contributed by atoms with Crippen LogP contribution in [0.4, 0.5) is 0 Å². The molecule has 1 aliphatic heterocycles. The first-order valence-corrected chi connectivity index (χ1v) is 5.72. The molecule has 0 saturated heterocycles. The Morgan fingerprint density at radius 1 is 1.19 bits per heavy atom. The summed E-state index contributed by atoms with van der Waals surface area (Å²) in [6.07, 6.45) is 1.00. The highest BCUT2D eigenvalue weighted by molar-refractivity contribution is 5.59. The summed E-state index contributed by atoms with van der Waals surface area (Å²) in [5.41, 5.74) is 3.75. The van der Waals surface area contributed by atoms with Crippen molar-refractivity contribution in [2.45, 2.75) is 19.9 Å². The van der Waals surface area contributed by atoms with E-state index < -0.39 is 0 Å². The fraction of sp³-hybridized carbons (Fsp3) is 0.286. The molecular weight excluding hydrogens is 198 g/mol. The van der Waals surface area contributed by atoms with E-state index >= 15 is 0 Å². The molecule has 1 N–H and O–H groups in total. The van der Waals surface area contributed by atoms with Gasteiger partial charge < -0.3 is 9.73 Å². The summed E-state index contributed by atoms with van der Waals surface area (Å²) in [5, 5.41) is 3.35. The highest BCUT2D eigenvalue weighted by Crippen LogP contribution is 2.27. The molecule has 0 radical (unpaired) electrons. The third-order valence-corrected chi connectivity index (χ3v) is 3.08. The van der Waals surface area contributed by atoms with E-state index in [1.54, 1.807) is 0 Å². The van der Waals surface area contributed by atoms with E-state index in [-0.39, 0.29) is 0 Å². The number of rotatable bonds is 1. The van der Waals surface area contributed by atoms with Gasteiger partial charge in [-0.2, -0.15) is 0 Å². The van der Waals surface area contributed by atoms with Crippen molar-refractivity contribution in [2.75, 3.05) is 6.54 Å². The number of hydrogen-bond donors (Lipinski definition) is 1. The molecule has 0 spiro atoms. The number of aryl methyl sites for hydroxylation is 1. The van der Waals surface area contributed by atoms with Crippen LogP contribution in [0, 0.1) is 6.92 Å². The van der Waals surface area contributed by atoms with Gasteiger partial charge in [0.1, 0.15) is 11.5 Å². The van der Waals surface area contributed by atoms with E-state index in [9.17, 15) is 0 Å². The molecule has 82 valence electrons. The van der Waals surface area contributed by atoms with E-state index in [0.29, 0.717) is 0 Å². The molecular formula is C14H15NO. The smallest absolute Gasteiger partial charge is 0.134 e. The van der Waals surface area contributed by atoms with Gasteiger partial charge in [-0.3, -0.25) is 0 Å². The van der Waals surface area contributed by atoms with Crippen molar-refractivity contribution in [1.29, 1.82) is 0 Å². The zero-order valence-corrected chi connectivity index (χ0v) is 9.42. The van der Waals surface area contributed by atoms with Crippen LogP contribution < -0.4 is 5.32 Å². The van der Waals surface area contributed by atoms with E-state index in [4.69, 9.17) is 4.42 Å². The third kappa shape index (κ3) is 1.65. The lowest BCUT2D eigenvalue weighted by molar-refractivity contribution is 0.484. The van der Waals surface area contributed by atoms with Gasteiger partial charge in [0.2, 0.25) is 0 Å². The van der Waals surface area contributed by atoms with Crippen molar-refractivity contribution >= 4 is 0 Å². The average Bonchev–Trinajstić information content (AvgIpc) is 2.73. The van der Waals surface area contributed by atoms with Gasteiger partial charge in [-0.05, 0) is 13.0 Å². The maximum atomic E-state index is 5.89. The Kier molecular flexibility index (Phi) is 2.29. The Balaban J connectivity index is 2.00. The SMILES string of the molecule is Cc1ccc(-c2cc3c(o2)CCNC3)cc1. The molecule has 2 nitrogen and oxygen atoms in total. The molecule has 1 aromatic heterocycles. The van der Waals surface area contributed by atoms with Crippen molar-refractivity contribution < 1.29 is 4.42 Å². The molecule has 1 aliphatic rings. The quantitative estimate of drug-likeness (QED) is 0.788. The highest BCUT2D eigenvalue weighted by Gasteiger charge is 2.15. The second-order valence-corrected chi connectivity index (χ2v) is 4.35. The van der Waals surface area contributed by atoms with Gasteiger partial charge in [0.25, 0.3) is 0 Å². The molecule has 3 rings (SSSR count). The minimum absolute atomic E-state index is 0.935. The van der Waals surface area contributed by atoms with Gasteiger partial charge in [-0.25, -0.2) is 0 Å². The summed E-state index contributed by atoms with van der Waals surface area (Å²) in [6, 6.07) is 10.6. The van der Waals surface area contributed by atoms with Gasteiger partial charge in [0, 0.05) is 30.6 Å². The fourth-order valence-electron chi connectivity index (χ4n) is 2.11. The highest BCUT2D eigenvalue weighted by atomic mass is 16.3. The van der Waals surface area contributed by atoms with E-state index in [1.165, 1.54) is 16.7 Å². The van der Waals surface area contributed by atoms with Crippen LogP contribution in [0.1, 0.15) is 16.9 Å². The second kappa shape index (κ2) is 3.80. The lowest BCUT2D eigenvalue weighted by Gasteiger charge is -2.09. The zero-order chi connectivity index (χ0) is 11.0. The van der Waals surface area contributed by atoms with Crippen molar-refractivity contribution in [1.82, 2.24) is 5.32 Å². The number of benzene rings is 1. The number of fused-ring (bicyclic) bond motifs is 1. The van der Waals surface area contributed by atoms with Crippen LogP contribution in [0.3, 0.4) is 0 Å². The predicted octanol–water partition coefficient (Wildman–Crippen LogP) is 2.90.